The number of hydrogen-bond acceptors (Lipinski definition) is 3. The SMILES string of the molecule is c1ccc(-c2ccc(N(c3ccc(-c4cccc5oc6c(ccc7c8ccccc8oc76)c45)cc3)c3ccc4c(c3)C(c3ccccc3)(c3ccccc3)c3ccccc3-4)cc2)cc1. The smallest absolute Gasteiger partial charge is 0.178 e. The van der Waals surface area contributed by atoms with E-state index in [4.69, 9.17) is 8.83 Å². The Balaban J connectivity index is 0.984. The quantitative estimate of drug-likeness (QED) is 0.160. The van der Waals surface area contributed by atoms with Crippen molar-refractivity contribution in [3.05, 3.63) is 259 Å². The van der Waals surface area contributed by atoms with Gasteiger partial charge in [-0.3, -0.25) is 0 Å². The van der Waals surface area contributed by atoms with Crippen molar-refractivity contribution in [3.63, 3.8) is 0 Å². The molecule has 2 heterocycles. The van der Waals surface area contributed by atoms with Crippen LogP contribution in [-0.4, -0.2) is 0 Å². The lowest BCUT2D eigenvalue weighted by molar-refractivity contribution is 0.633. The molecular weight excluding hydrogens is 779 g/mol. The van der Waals surface area contributed by atoms with Crippen molar-refractivity contribution in [2.24, 2.45) is 0 Å². The van der Waals surface area contributed by atoms with Gasteiger partial charge in [0.2, 0.25) is 0 Å². The standard InChI is InChI=1S/C61H39NO2/c1-4-15-40(16-5-1)41-27-31-45(32-28-41)62(47-35-36-50-49-21-10-12-24-54(49)61(55(50)39-47,43-17-6-2-7-18-43)44-19-8-3-9-20-44)46-33-29-42(30-34-46)48-23-14-26-57-58(48)53-38-37-52-51-22-11-13-25-56(51)63-59(52)60(53)64-57/h1-39H. The van der Waals surface area contributed by atoms with Crippen LogP contribution in [0.15, 0.2) is 245 Å². The van der Waals surface area contributed by atoms with Crippen LogP contribution in [0.25, 0.3) is 77.3 Å². The Kier molecular flexibility index (Phi) is 8.13. The second kappa shape index (κ2) is 14.3. The van der Waals surface area contributed by atoms with Gasteiger partial charge in [-0.1, -0.05) is 176 Å². The summed E-state index contributed by atoms with van der Waals surface area (Å²) in [4.78, 5) is 2.40. The normalized spacial score (nSPS) is 12.8. The molecule has 0 saturated heterocycles. The second-order valence-electron chi connectivity index (χ2n) is 16.8. The highest BCUT2D eigenvalue weighted by atomic mass is 16.4. The predicted molar refractivity (Wildman–Crippen MR) is 264 cm³/mol. The van der Waals surface area contributed by atoms with E-state index in [9.17, 15) is 0 Å². The molecule has 64 heavy (non-hydrogen) atoms. The van der Waals surface area contributed by atoms with E-state index in [1.807, 2.05) is 12.1 Å². The summed E-state index contributed by atoms with van der Waals surface area (Å²) in [6, 6.07) is 85.4. The first-order valence-corrected chi connectivity index (χ1v) is 21.9. The Morgan fingerprint density at radius 1 is 0.312 bits per heavy atom. The van der Waals surface area contributed by atoms with Crippen molar-refractivity contribution in [3.8, 4) is 33.4 Å². The molecule has 300 valence electrons. The van der Waals surface area contributed by atoms with Gasteiger partial charge in [0.05, 0.1) is 5.41 Å². The number of anilines is 3. The lowest BCUT2D eigenvalue weighted by Crippen LogP contribution is -2.28. The predicted octanol–water partition coefficient (Wildman–Crippen LogP) is 16.7. The third-order valence-corrected chi connectivity index (χ3v) is 13.4. The molecule has 0 radical (unpaired) electrons. The molecule has 10 aromatic carbocycles. The molecule has 0 amide bonds. The molecule has 0 saturated carbocycles. The summed E-state index contributed by atoms with van der Waals surface area (Å²) in [6.45, 7) is 0. The summed E-state index contributed by atoms with van der Waals surface area (Å²) in [5, 5.41) is 4.27. The maximum Gasteiger partial charge on any atom is 0.178 e. The van der Waals surface area contributed by atoms with Gasteiger partial charge in [-0.15, -0.1) is 0 Å². The van der Waals surface area contributed by atoms with E-state index in [0.29, 0.717) is 0 Å². The van der Waals surface area contributed by atoms with Gasteiger partial charge in [0.15, 0.2) is 11.2 Å². The van der Waals surface area contributed by atoms with Crippen LogP contribution in [0.2, 0.25) is 0 Å². The molecular formula is C61H39NO2. The third-order valence-electron chi connectivity index (χ3n) is 13.4. The molecule has 0 atom stereocenters. The minimum absolute atomic E-state index is 0.517. The van der Waals surface area contributed by atoms with Crippen LogP contribution in [0, 0.1) is 0 Å². The first kappa shape index (κ1) is 36.3. The highest BCUT2D eigenvalue weighted by Gasteiger charge is 2.46. The Labute approximate surface area is 370 Å². The van der Waals surface area contributed by atoms with E-state index in [0.717, 1.165) is 72.1 Å². The lowest BCUT2D eigenvalue weighted by atomic mass is 9.67. The monoisotopic (exact) mass is 817 g/mol. The Morgan fingerprint density at radius 2 is 0.828 bits per heavy atom. The average molecular weight is 818 g/mol. The van der Waals surface area contributed by atoms with Crippen molar-refractivity contribution in [2.75, 3.05) is 4.90 Å². The first-order chi connectivity index (χ1) is 31.7. The molecule has 3 heteroatoms. The summed E-state index contributed by atoms with van der Waals surface area (Å²) in [6.07, 6.45) is 0. The fourth-order valence-electron chi connectivity index (χ4n) is 10.5. The van der Waals surface area contributed by atoms with Crippen LogP contribution in [0.5, 0.6) is 0 Å². The van der Waals surface area contributed by atoms with Crippen LogP contribution in [0.4, 0.5) is 17.1 Å². The van der Waals surface area contributed by atoms with E-state index >= 15 is 0 Å². The van der Waals surface area contributed by atoms with Crippen LogP contribution < -0.4 is 4.90 Å². The van der Waals surface area contributed by atoms with E-state index in [2.05, 4.69) is 229 Å². The Hall–Kier alpha value is -8.40. The summed E-state index contributed by atoms with van der Waals surface area (Å²) in [5.74, 6) is 0. The summed E-state index contributed by atoms with van der Waals surface area (Å²) < 4.78 is 13.0. The lowest BCUT2D eigenvalue weighted by Gasteiger charge is -2.35. The van der Waals surface area contributed by atoms with Gasteiger partial charge < -0.3 is 13.7 Å². The van der Waals surface area contributed by atoms with E-state index < -0.39 is 5.41 Å². The molecule has 1 aliphatic carbocycles. The second-order valence-corrected chi connectivity index (χ2v) is 16.8. The van der Waals surface area contributed by atoms with Crippen LogP contribution >= 0.6 is 0 Å². The molecule has 0 N–H and O–H groups in total. The van der Waals surface area contributed by atoms with Crippen LogP contribution in [-0.2, 0) is 5.41 Å². The topological polar surface area (TPSA) is 29.5 Å². The van der Waals surface area contributed by atoms with E-state index in [1.54, 1.807) is 0 Å². The van der Waals surface area contributed by atoms with Gasteiger partial charge in [0.1, 0.15) is 11.2 Å². The number of para-hydroxylation sites is 1. The zero-order chi connectivity index (χ0) is 42.2. The molecule has 3 nitrogen and oxygen atoms in total. The molecule has 0 unspecified atom stereocenters. The van der Waals surface area contributed by atoms with Gasteiger partial charge in [0.25, 0.3) is 0 Å². The fourth-order valence-corrected chi connectivity index (χ4v) is 10.5. The summed E-state index contributed by atoms with van der Waals surface area (Å²) >= 11 is 0. The number of furan rings is 2. The van der Waals surface area contributed by atoms with Gasteiger partial charge in [-0.2, -0.15) is 0 Å². The van der Waals surface area contributed by atoms with Crippen molar-refractivity contribution in [1.82, 2.24) is 0 Å². The number of benzene rings is 10. The molecule has 1 aliphatic rings. The maximum absolute atomic E-state index is 6.62. The Bertz CT molecular complexity index is 3660. The van der Waals surface area contributed by atoms with Gasteiger partial charge in [-0.25, -0.2) is 0 Å². The zero-order valence-corrected chi connectivity index (χ0v) is 34.8. The first-order valence-electron chi connectivity index (χ1n) is 21.9. The van der Waals surface area contributed by atoms with Crippen molar-refractivity contribution < 1.29 is 8.83 Å². The minimum Gasteiger partial charge on any atom is -0.452 e. The average Bonchev–Trinajstić information content (AvgIpc) is 4.04. The van der Waals surface area contributed by atoms with Gasteiger partial charge in [0, 0.05) is 38.6 Å². The van der Waals surface area contributed by atoms with Crippen LogP contribution in [0.3, 0.4) is 0 Å². The third kappa shape index (κ3) is 5.41. The maximum atomic E-state index is 6.62. The molecule has 0 aliphatic heterocycles. The van der Waals surface area contributed by atoms with E-state index in [1.165, 1.54) is 44.5 Å². The summed E-state index contributed by atoms with van der Waals surface area (Å²) in [5.41, 5.74) is 18.1. The zero-order valence-electron chi connectivity index (χ0n) is 34.8. The minimum atomic E-state index is -0.517. The van der Waals surface area contributed by atoms with Crippen molar-refractivity contribution in [1.29, 1.82) is 0 Å². The molecule has 0 fully saturated rings. The number of hydrogen-bond donors (Lipinski definition) is 0. The number of rotatable bonds is 7. The molecule has 13 rings (SSSR count). The molecule has 0 bridgehead atoms. The Morgan fingerprint density at radius 3 is 1.56 bits per heavy atom. The molecule has 12 aromatic rings. The molecule has 0 spiro atoms. The van der Waals surface area contributed by atoms with Crippen molar-refractivity contribution in [2.45, 2.75) is 5.41 Å². The summed E-state index contributed by atoms with van der Waals surface area (Å²) in [7, 11) is 0. The highest BCUT2D eigenvalue weighted by Crippen LogP contribution is 2.57. The van der Waals surface area contributed by atoms with Crippen molar-refractivity contribution >= 4 is 60.9 Å². The van der Waals surface area contributed by atoms with E-state index in [-0.39, 0.29) is 0 Å². The van der Waals surface area contributed by atoms with Gasteiger partial charge >= 0.3 is 0 Å². The van der Waals surface area contributed by atoms with Gasteiger partial charge in [-0.05, 0) is 116 Å². The number of fused-ring (bicyclic) bond motifs is 10. The highest BCUT2D eigenvalue weighted by molar-refractivity contribution is 6.21. The fraction of sp³-hybridized carbons (Fsp3) is 0.0164. The molecule has 2 aromatic heterocycles. The largest absolute Gasteiger partial charge is 0.452 e. The van der Waals surface area contributed by atoms with Crippen LogP contribution in [0.1, 0.15) is 22.3 Å². The number of nitrogens with zero attached hydrogens (tertiary/aromatic N) is 1.